The fourth-order valence-corrected chi connectivity index (χ4v) is 2.00. The van der Waals surface area contributed by atoms with Gasteiger partial charge in [-0.2, -0.15) is 0 Å². The van der Waals surface area contributed by atoms with E-state index in [4.69, 9.17) is 18.9 Å². The molecule has 17 heavy (non-hydrogen) atoms. The van der Waals surface area contributed by atoms with E-state index in [0.29, 0.717) is 6.42 Å². The molecular formula is C10H15O6P. The van der Waals surface area contributed by atoms with Gasteiger partial charge in [-0.15, -0.1) is 0 Å². The van der Waals surface area contributed by atoms with Crippen molar-refractivity contribution in [2.45, 2.75) is 32.0 Å². The van der Waals surface area contributed by atoms with Crippen LogP contribution in [0.3, 0.4) is 0 Å². The minimum Gasteiger partial charge on any atom is -0.457 e. The maximum atomic E-state index is 11.5. The van der Waals surface area contributed by atoms with Gasteiger partial charge in [0.15, 0.2) is 0 Å². The Labute approximate surface area is 98.7 Å². The quantitative estimate of drug-likeness (QED) is 0.602. The van der Waals surface area contributed by atoms with Crippen molar-refractivity contribution in [1.82, 2.24) is 0 Å². The van der Waals surface area contributed by atoms with E-state index in [1.807, 2.05) is 6.92 Å². The normalized spacial score (nSPS) is 13.4. The molecule has 0 aliphatic carbocycles. The molecule has 96 valence electrons. The second-order valence-corrected chi connectivity index (χ2v) is 5.32. The van der Waals surface area contributed by atoms with Gasteiger partial charge >= 0.3 is 13.6 Å². The van der Waals surface area contributed by atoms with Crippen LogP contribution >= 0.6 is 7.60 Å². The lowest BCUT2D eigenvalue weighted by atomic mass is 10.3. The Morgan fingerprint density at radius 2 is 2.29 bits per heavy atom. The summed E-state index contributed by atoms with van der Waals surface area (Å²) in [6.07, 6.45) is 2.75. The molecule has 7 heteroatoms. The predicted molar refractivity (Wildman–Crippen MR) is 59.5 cm³/mol. The third-order valence-corrected chi connectivity index (χ3v) is 3.26. The number of ether oxygens (including phenoxy) is 1. The molecule has 1 rings (SSSR count). The number of hydrogen-bond acceptors (Lipinski definition) is 4. The lowest BCUT2D eigenvalue weighted by Crippen LogP contribution is -2.18. The van der Waals surface area contributed by atoms with E-state index in [2.05, 4.69) is 0 Å². The summed E-state index contributed by atoms with van der Waals surface area (Å²) in [5, 5.41) is 0. The average Bonchev–Trinajstić information content (AvgIpc) is 2.75. The highest BCUT2D eigenvalue weighted by Gasteiger charge is 2.32. The molecule has 6 nitrogen and oxygen atoms in total. The number of furan rings is 1. The number of unbranched alkanes of at least 4 members (excludes halogenated alkanes) is 1. The van der Waals surface area contributed by atoms with Crippen molar-refractivity contribution in [2.24, 2.45) is 0 Å². The van der Waals surface area contributed by atoms with Crippen LogP contribution in [0.1, 0.15) is 36.7 Å². The standard InChI is InChI=1S/C10H15O6P/c1-2-3-6-9(17(12,13)14)16-10(11)8-5-4-7-15-8/h4-5,7,9H,2-3,6H2,1H3,(H2,12,13,14). The summed E-state index contributed by atoms with van der Waals surface area (Å²) in [5.41, 5.74) is 0. The van der Waals surface area contributed by atoms with E-state index in [-0.39, 0.29) is 12.2 Å². The maximum absolute atomic E-state index is 11.5. The molecule has 1 aromatic heterocycles. The van der Waals surface area contributed by atoms with Gasteiger partial charge in [0.2, 0.25) is 11.6 Å². The van der Waals surface area contributed by atoms with Crippen LogP contribution in [0.4, 0.5) is 0 Å². The zero-order chi connectivity index (χ0) is 12.9. The second-order valence-electron chi connectivity index (χ2n) is 3.57. The van der Waals surface area contributed by atoms with Crippen molar-refractivity contribution in [3.63, 3.8) is 0 Å². The third kappa shape index (κ3) is 4.34. The fourth-order valence-electron chi connectivity index (χ4n) is 1.25. The maximum Gasteiger partial charge on any atom is 0.375 e. The summed E-state index contributed by atoms with van der Waals surface area (Å²) in [6, 6.07) is 2.87. The number of esters is 1. The van der Waals surface area contributed by atoms with Crippen molar-refractivity contribution in [3.8, 4) is 0 Å². The summed E-state index contributed by atoms with van der Waals surface area (Å²) in [4.78, 5) is 29.6. The van der Waals surface area contributed by atoms with Crippen LogP contribution in [0, 0.1) is 0 Å². The van der Waals surface area contributed by atoms with Crippen LogP contribution < -0.4 is 0 Å². The van der Waals surface area contributed by atoms with Gasteiger partial charge in [0.25, 0.3) is 0 Å². The van der Waals surface area contributed by atoms with E-state index in [9.17, 15) is 9.36 Å². The first-order valence-electron chi connectivity index (χ1n) is 5.25. The van der Waals surface area contributed by atoms with E-state index in [0.717, 1.165) is 6.42 Å². The monoisotopic (exact) mass is 262 g/mol. The van der Waals surface area contributed by atoms with E-state index < -0.39 is 19.4 Å². The van der Waals surface area contributed by atoms with Crippen molar-refractivity contribution < 1.29 is 28.3 Å². The van der Waals surface area contributed by atoms with Crippen LogP contribution in [0.2, 0.25) is 0 Å². The Kier molecular flexibility index (Phi) is 4.93. The number of carbonyl (C=O) groups is 1. The minimum absolute atomic E-state index is 0.0695. The summed E-state index contributed by atoms with van der Waals surface area (Å²) in [7, 11) is -4.45. The Bertz CT molecular complexity index is 393. The first kappa shape index (κ1) is 14.0. The highest BCUT2D eigenvalue weighted by molar-refractivity contribution is 7.52. The summed E-state index contributed by atoms with van der Waals surface area (Å²) in [6.45, 7) is 1.88. The highest BCUT2D eigenvalue weighted by atomic mass is 31.2. The van der Waals surface area contributed by atoms with Gasteiger partial charge in [0, 0.05) is 0 Å². The first-order chi connectivity index (χ1) is 7.95. The largest absolute Gasteiger partial charge is 0.457 e. The van der Waals surface area contributed by atoms with E-state index in [1.54, 1.807) is 0 Å². The molecule has 0 radical (unpaired) electrons. The van der Waals surface area contributed by atoms with Crippen LogP contribution in [0.25, 0.3) is 0 Å². The van der Waals surface area contributed by atoms with Gasteiger partial charge in [-0.25, -0.2) is 4.79 Å². The molecule has 0 spiro atoms. The minimum atomic E-state index is -4.45. The van der Waals surface area contributed by atoms with Crippen LogP contribution in [-0.2, 0) is 9.30 Å². The van der Waals surface area contributed by atoms with Crippen LogP contribution in [0.5, 0.6) is 0 Å². The predicted octanol–water partition coefficient (Wildman–Crippen LogP) is 2.13. The summed E-state index contributed by atoms with van der Waals surface area (Å²) < 4.78 is 20.7. The molecule has 1 atom stereocenters. The first-order valence-corrected chi connectivity index (χ1v) is 6.93. The smallest absolute Gasteiger partial charge is 0.375 e. The number of hydrogen-bond donors (Lipinski definition) is 2. The Balaban J connectivity index is 2.66. The van der Waals surface area contributed by atoms with Crippen molar-refractivity contribution in [2.75, 3.05) is 0 Å². The molecular weight excluding hydrogens is 247 g/mol. The lowest BCUT2D eigenvalue weighted by molar-refractivity contribution is 0.0348. The zero-order valence-electron chi connectivity index (χ0n) is 9.41. The van der Waals surface area contributed by atoms with Gasteiger partial charge in [-0.3, -0.25) is 4.57 Å². The molecule has 0 bridgehead atoms. The van der Waals surface area contributed by atoms with E-state index in [1.165, 1.54) is 18.4 Å². The SMILES string of the molecule is CCCCC(OC(=O)c1ccco1)P(=O)(O)O. The zero-order valence-corrected chi connectivity index (χ0v) is 10.3. The van der Waals surface area contributed by atoms with Crippen LogP contribution in [-0.4, -0.2) is 21.6 Å². The van der Waals surface area contributed by atoms with Gasteiger partial charge < -0.3 is 18.9 Å². The molecule has 0 saturated heterocycles. The lowest BCUT2D eigenvalue weighted by Gasteiger charge is -2.17. The molecule has 0 saturated carbocycles. The van der Waals surface area contributed by atoms with Gasteiger partial charge in [0.05, 0.1) is 6.26 Å². The topological polar surface area (TPSA) is 97.0 Å². The van der Waals surface area contributed by atoms with Gasteiger partial charge in [-0.1, -0.05) is 13.3 Å². The second kappa shape index (κ2) is 6.00. The third-order valence-electron chi connectivity index (χ3n) is 2.15. The van der Waals surface area contributed by atoms with Crippen molar-refractivity contribution in [3.05, 3.63) is 24.2 Å². The molecule has 0 aromatic carbocycles. The fraction of sp³-hybridized carbons (Fsp3) is 0.500. The molecule has 0 fully saturated rings. The Hall–Kier alpha value is -1.10. The van der Waals surface area contributed by atoms with E-state index >= 15 is 0 Å². The highest BCUT2D eigenvalue weighted by Crippen LogP contribution is 2.44. The number of rotatable bonds is 6. The molecule has 0 aliphatic rings. The van der Waals surface area contributed by atoms with Gasteiger partial charge in [-0.05, 0) is 25.0 Å². The molecule has 0 amide bonds. The van der Waals surface area contributed by atoms with Gasteiger partial charge in [0.1, 0.15) is 0 Å². The molecule has 1 unspecified atom stereocenters. The number of carbonyl (C=O) groups excluding carboxylic acids is 1. The summed E-state index contributed by atoms with van der Waals surface area (Å²) in [5.74, 6) is -2.33. The Morgan fingerprint density at radius 1 is 1.59 bits per heavy atom. The van der Waals surface area contributed by atoms with Crippen molar-refractivity contribution >= 4 is 13.6 Å². The summed E-state index contributed by atoms with van der Waals surface area (Å²) >= 11 is 0. The van der Waals surface area contributed by atoms with Crippen molar-refractivity contribution in [1.29, 1.82) is 0 Å². The molecule has 1 aromatic rings. The molecule has 2 N–H and O–H groups in total. The average molecular weight is 262 g/mol. The van der Waals surface area contributed by atoms with Crippen LogP contribution in [0.15, 0.2) is 22.8 Å². The molecule has 1 heterocycles. The molecule has 0 aliphatic heterocycles. The Morgan fingerprint density at radius 3 is 2.76 bits per heavy atom.